The second kappa shape index (κ2) is 5.84. The molecule has 1 amide bonds. The molecule has 2 aromatic rings. The van der Waals surface area contributed by atoms with E-state index >= 15 is 0 Å². The molecule has 19 heavy (non-hydrogen) atoms. The number of thiazole rings is 1. The molecule has 0 radical (unpaired) electrons. The van der Waals surface area contributed by atoms with Crippen molar-refractivity contribution >= 4 is 17.2 Å². The first-order valence-corrected chi connectivity index (χ1v) is 6.89. The Kier molecular flexibility index (Phi) is 4.16. The van der Waals surface area contributed by atoms with Crippen LogP contribution in [-0.2, 0) is 0 Å². The average molecular weight is 276 g/mol. The lowest BCUT2D eigenvalue weighted by atomic mass is 10.2. The van der Waals surface area contributed by atoms with Gasteiger partial charge in [-0.05, 0) is 31.2 Å². The number of hydrogen-bond donors (Lipinski definition) is 0. The maximum Gasteiger partial charge on any atom is 0.273 e. The molecule has 0 spiro atoms. The van der Waals surface area contributed by atoms with E-state index in [0.29, 0.717) is 12.2 Å². The van der Waals surface area contributed by atoms with Crippen molar-refractivity contribution in [1.82, 2.24) is 9.88 Å². The van der Waals surface area contributed by atoms with Crippen LogP contribution in [0.15, 0.2) is 29.6 Å². The number of methoxy groups -OCH3 is 1. The van der Waals surface area contributed by atoms with Gasteiger partial charge in [0.2, 0.25) is 0 Å². The monoisotopic (exact) mass is 276 g/mol. The van der Waals surface area contributed by atoms with Gasteiger partial charge in [-0.1, -0.05) is 0 Å². The van der Waals surface area contributed by atoms with Crippen molar-refractivity contribution in [1.29, 1.82) is 0 Å². The van der Waals surface area contributed by atoms with Gasteiger partial charge in [-0.2, -0.15) is 0 Å². The number of aromatic nitrogens is 1. The number of carbonyl (C=O) groups excluding carboxylic acids is 1. The van der Waals surface area contributed by atoms with E-state index in [1.54, 1.807) is 24.4 Å². The Morgan fingerprint density at radius 3 is 2.63 bits per heavy atom. The van der Waals surface area contributed by atoms with E-state index in [1.165, 1.54) is 11.3 Å². The predicted octanol–water partition coefficient (Wildman–Crippen LogP) is 2.91. The minimum atomic E-state index is -0.0430. The van der Waals surface area contributed by atoms with Gasteiger partial charge in [0, 0.05) is 24.5 Å². The standard InChI is InChI=1S/C14H16N2O2S/c1-4-16(2)14(17)12-9-19-13(15-12)10-5-7-11(18-3)8-6-10/h5-9H,4H2,1-3H3. The fourth-order valence-corrected chi connectivity index (χ4v) is 2.38. The second-order valence-corrected chi connectivity index (χ2v) is 4.94. The summed E-state index contributed by atoms with van der Waals surface area (Å²) in [5, 5.41) is 2.64. The molecule has 0 atom stereocenters. The molecule has 0 saturated carbocycles. The van der Waals surface area contributed by atoms with Gasteiger partial charge in [-0.3, -0.25) is 4.79 Å². The van der Waals surface area contributed by atoms with Gasteiger partial charge >= 0.3 is 0 Å². The lowest BCUT2D eigenvalue weighted by Gasteiger charge is -2.11. The summed E-state index contributed by atoms with van der Waals surface area (Å²) in [4.78, 5) is 18.0. The van der Waals surface area contributed by atoms with E-state index in [2.05, 4.69) is 4.98 Å². The van der Waals surface area contributed by atoms with Gasteiger partial charge in [0.15, 0.2) is 0 Å². The fourth-order valence-electron chi connectivity index (χ4n) is 1.58. The summed E-state index contributed by atoms with van der Waals surface area (Å²) < 4.78 is 5.12. The minimum absolute atomic E-state index is 0.0430. The third-order valence-corrected chi connectivity index (χ3v) is 3.77. The highest BCUT2D eigenvalue weighted by Crippen LogP contribution is 2.26. The van der Waals surface area contributed by atoms with Crippen LogP contribution in [0.3, 0.4) is 0 Å². The maximum atomic E-state index is 12.0. The first-order valence-electron chi connectivity index (χ1n) is 6.01. The molecule has 1 aromatic carbocycles. The van der Waals surface area contributed by atoms with Gasteiger partial charge in [-0.25, -0.2) is 4.98 Å². The van der Waals surface area contributed by atoms with Crippen molar-refractivity contribution in [2.75, 3.05) is 20.7 Å². The number of benzene rings is 1. The van der Waals surface area contributed by atoms with Crippen LogP contribution in [0.5, 0.6) is 5.75 Å². The predicted molar refractivity (Wildman–Crippen MR) is 76.7 cm³/mol. The van der Waals surface area contributed by atoms with Crippen LogP contribution in [0.2, 0.25) is 0 Å². The van der Waals surface area contributed by atoms with Crippen LogP contribution < -0.4 is 4.74 Å². The molecule has 1 aromatic heterocycles. The molecule has 0 unspecified atom stereocenters. The highest BCUT2D eigenvalue weighted by molar-refractivity contribution is 7.13. The number of ether oxygens (including phenoxy) is 1. The minimum Gasteiger partial charge on any atom is -0.497 e. The van der Waals surface area contributed by atoms with Crippen molar-refractivity contribution in [2.24, 2.45) is 0 Å². The highest BCUT2D eigenvalue weighted by Gasteiger charge is 2.14. The summed E-state index contributed by atoms with van der Waals surface area (Å²) in [6.45, 7) is 2.61. The van der Waals surface area contributed by atoms with Crippen molar-refractivity contribution in [3.8, 4) is 16.3 Å². The van der Waals surface area contributed by atoms with Crippen molar-refractivity contribution in [3.63, 3.8) is 0 Å². The van der Waals surface area contributed by atoms with Crippen molar-refractivity contribution in [3.05, 3.63) is 35.3 Å². The quantitative estimate of drug-likeness (QED) is 0.862. The number of hydrogen-bond acceptors (Lipinski definition) is 4. The zero-order chi connectivity index (χ0) is 13.8. The van der Waals surface area contributed by atoms with E-state index in [-0.39, 0.29) is 5.91 Å². The van der Waals surface area contributed by atoms with E-state index in [9.17, 15) is 4.79 Å². The first kappa shape index (κ1) is 13.5. The Bertz CT molecular complexity index is 563. The molecule has 0 aliphatic carbocycles. The van der Waals surface area contributed by atoms with Gasteiger partial charge < -0.3 is 9.64 Å². The Morgan fingerprint density at radius 1 is 1.37 bits per heavy atom. The van der Waals surface area contributed by atoms with Crippen molar-refractivity contribution in [2.45, 2.75) is 6.92 Å². The molecule has 0 N–H and O–H groups in total. The zero-order valence-corrected chi connectivity index (χ0v) is 12.0. The number of rotatable bonds is 4. The van der Waals surface area contributed by atoms with Crippen LogP contribution in [0.4, 0.5) is 0 Å². The van der Waals surface area contributed by atoms with Crippen LogP contribution in [-0.4, -0.2) is 36.5 Å². The summed E-state index contributed by atoms with van der Waals surface area (Å²) in [6, 6.07) is 7.65. The fraction of sp³-hybridized carbons (Fsp3) is 0.286. The van der Waals surface area contributed by atoms with Gasteiger partial charge in [0.25, 0.3) is 5.91 Å². The third kappa shape index (κ3) is 2.93. The Hall–Kier alpha value is -1.88. The number of carbonyl (C=O) groups is 1. The highest BCUT2D eigenvalue weighted by atomic mass is 32.1. The van der Waals surface area contributed by atoms with Crippen LogP contribution in [0.1, 0.15) is 17.4 Å². The maximum absolute atomic E-state index is 12.0. The van der Waals surface area contributed by atoms with Gasteiger partial charge in [-0.15, -0.1) is 11.3 Å². The Labute approximate surface area is 116 Å². The molecule has 0 fully saturated rings. The van der Waals surface area contributed by atoms with Crippen molar-refractivity contribution < 1.29 is 9.53 Å². The molecule has 5 heteroatoms. The number of amides is 1. The SMILES string of the molecule is CCN(C)C(=O)c1csc(-c2ccc(OC)cc2)n1. The van der Waals surface area contributed by atoms with Crippen LogP contribution in [0.25, 0.3) is 10.6 Å². The first-order chi connectivity index (χ1) is 9.15. The molecule has 0 saturated heterocycles. The number of nitrogens with zero attached hydrogens (tertiary/aromatic N) is 2. The molecule has 2 rings (SSSR count). The lowest BCUT2D eigenvalue weighted by molar-refractivity contribution is 0.0797. The Morgan fingerprint density at radius 2 is 2.05 bits per heavy atom. The van der Waals surface area contributed by atoms with E-state index in [4.69, 9.17) is 4.74 Å². The summed E-state index contributed by atoms with van der Waals surface area (Å²) in [5.74, 6) is 0.765. The summed E-state index contributed by atoms with van der Waals surface area (Å²) >= 11 is 1.47. The van der Waals surface area contributed by atoms with Crippen LogP contribution in [0, 0.1) is 0 Å². The summed E-state index contributed by atoms with van der Waals surface area (Å²) in [5.41, 5.74) is 1.49. The molecular formula is C14H16N2O2S. The third-order valence-electron chi connectivity index (χ3n) is 2.88. The molecule has 100 valence electrons. The lowest BCUT2D eigenvalue weighted by Crippen LogP contribution is -2.26. The molecular weight excluding hydrogens is 260 g/mol. The Balaban J connectivity index is 2.22. The van der Waals surface area contributed by atoms with Crippen LogP contribution >= 0.6 is 11.3 Å². The van der Waals surface area contributed by atoms with Gasteiger partial charge in [0.05, 0.1) is 7.11 Å². The van der Waals surface area contributed by atoms with E-state index < -0.39 is 0 Å². The van der Waals surface area contributed by atoms with E-state index in [1.807, 2.05) is 31.2 Å². The largest absolute Gasteiger partial charge is 0.497 e. The average Bonchev–Trinajstić information content (AvgIpc) is 2.95. The molecule has 0 aliphatic heterocycles. The van der Waals surface area contributed by atoms with Gasteiger partial charge in [0.1, 0.15) is 16.5 Å². The molecule has 0 bridgehead atoms. The zero-order valence-electron chi connectivity index (χ0n) is 11.2. The second-order valence-electron chi connectivity index (χ2n) is 4.09. The van der Waals surface area contributed by atoms with E-state index in [0.717, 1.165) is 16.3 Å². The summed E-state index contributed by atoms with van der Waals surface area (Å²) in [7, 11) is 3.41. The topological polar surface area (TPSA) is 42.4 Å². The normalized spacial score (nSPS) is 10.3. The summed E-state index contributed by atoms with van der Waals surface area (Å²) in [6.07, 6.45) is 0. The molecule has 4 nitrogen and oxygen atoms in total. The molecule has 1 heterocycles. The smallest absolute Gasteiger partial charge is 0.273 e. The molecule has 0 aliphatic rings.